The van der Waals surface area contributed by atoms with Crippen LogP contribution in [0, 0.1) is 0 Å². The fraction of sp³-hybridized carbons (Fsp3) is 1.00. The third-order valence-electron chi connectivity index (χ3n) is 0.544. The zero-order valence-corrected chi connectivity index (χ0v) is 8.10. The molecule has 0 radical (unpaired) electrons. The molecule has 0 aliphatic rings. The lowest BCUT2D eigenvalue weighted by Gasteiger charge is -2.08. The van der Waals surface area contributed by atoms with Gasteiger partial charge in [0.05, 0.1) is 6.10 Å². The fourth-order valence-corrected chi connectivity index (χ4v) is 2.19. The van der Waals surface area contributed by atoms with Crippen molar-refractivity contribution in [1.82, 2.24) is 4.49 Å². The largest absolute Gasteiger partial charge is 0.455 e. The first-order chi connectivity index (χ1) is 5.12. The van der Waals surface area contributed by atoms with Crippen LogP contribution < -0.4 is 4.49 Å². The van der Waals surface area contributed by atoms with Crippen molar-refractivity contribution in [3.8, 4) is 0 Å². The Morgan fingerprint density at radius 1 is 1.58 bits per heavy atom. The molecular weight excluding hydrogens is 212 g/mol. The number of nitrogens with one attached hydrogen (secondary N) is 1. The molecule has 0 saturated heterocycles. The van der Waals surface area contributed by atoms with Gasteiger partial charge in [0.25, 0.3) is 0 Å². The van der Waals surface area contributed by atoms with Gasteiger partial charge in [0, 0.05) is 0 Å². The lowest BCUT2D eigenvalue weighted by atomic mass is 10.5. The van der Waals surface area contributed by atoms with E-state index < -0.39 is 24.2 Å². The summed E-state index contributed by atoms with van der Waals surface area (Å²) in [6.45, 7) is 2.75. The van der Waals surface area contributed by atoms with Gasteiger partial charge in [0.15, 0.2) is 0 Å². The van der Waals surface area contributed by atoms with Gasteiger partial charge < -0.3 is 4.89 Å². The fourth-order valence-electron chi connectivity index (χ4n) is 0.413. The highest BCUT2D eigenvalue weighted by Crippen LogP contribution is 2.37. The Balaban J connectivity index is 4.36. The molecule has 6 nitrogen and oxygen atoms in total. The molecule has 2 N–H and O–H groups in total. The molecule has 9 heteroatoms. The molecule has 0 aromatic heterocycles. The maximum absolute atomic E-state index is 11.9. The molecule has 0 aromatic rings. The van der Waals surface area contributed by atoms with Gasteiger partial charge in [-0.1, -0.05) is 4.49 Å². The standard InChI is InChI=1S/C3H9FNO5PS/c1-3(2)10-12(8,9)5-11(4,6)7/h3H,1-2H3,(H2,5,6,7). The maximum atomic E-state index is 11.9. The minimum Gasteiger partial charge on any atom is -0.309 e. The van der Waals surface area contributed by atoms with Crippen LogP contribution in [0.5, 0.6) is 0 Å². The molecule has 0 bridgehead atoms. The van der Waals surface area contributed by atoms with E-state index >= 15 is 0 Å². The van der Waals surface area contributed by atoms with E-state index in [-0.39, 0.29) is 0 Å². The van der Waals surface area contributed by atoms with E-state index in [9.17, 15) is 17.2 Å². The van der Waals surface area contributed by atoms with E-state index in [1.807, 2.05) is 0 Å². The van der Waals surface area contributed by atoms with Crippen LogP contribution >= 0.6 is 7.83 Å². The van der Waals surface area contributed by atoms with Crippen molar-refractivity contribution in [1.29, 1.82) is 0 Å². The summed E-state index contributed by atoms with van der Waals surface area (Å²) < 4.78 is 47.8. The Hall–Kier alpha value is -0.0100. The predicted molar refractivity (Wildman–Crippen MR) is 39.2 cm³/mol. The van der Waals surface area contributed by atoms with Crippen molar-refractivity contribution in [2.45, 2.75) is 20.0 Å². The molecule has 0 spiro atoms. The van der Waals surface area contributed by atoms with Crippen molar-refractivity contribution >= 4 is 18.1 Å². The lowest BCUT2D eigenvalue weighted by Crippen LogP contribution is -2.24. The Bertz CT molecular complexity index is 281. The predicted octanol–water partition coefficient (Wildman–Crippen LogP) is 0.316. The number of hydrogen-bond donors (Lipinski definition) is 2. The van der Waals surface area contributed by atoms with Gasteiger partial charge in [-0.05, 0) is 13.8 Å². The van der Waals surface area contributed by atoms with Crippen LogP contribution in [-0.2, 0) is 19.1 Å². The van der Waals surface area contributed by atoms with Gasteiger partial charge in [0.2, 0.25) is 0 Å². The Labute approximate surface area is 69.6 Å². The molecule has 0 rings (SSSR count). The molecular formula is C3H9FNO5PS. The van der Waals surface area contributed by atoms with E-state index in [1.165, 1.54) is 13.8 Å². The molecule has 1 unspecified atom stereocenters. The van der Waals surface area contributed by atoms with Crippen LogP contribution in [0.3, 0.4) is 0 Å². The first-order valence-corrected chi connectivity index (χ1v) is 5.83. The number of hydrogen-bond acceptors (Lipinski definition) is 4. The summed E-state index contributed by atoms with van der Waals surface area (Å²) in [5.41, 5.74) is 0. The molecule has 1 atom stereocenters. The second-order valence-electron chi connectivity index (χ2n) is 2.19. The molecule has 0 aliphatic carbocycles. The van der Waals surface area contributed by atoms with Crippen LogP contribution in [0.15, 0.2) is 0 Å². The van der Waals surface area contributed by atoms with E-state index in [0.29, 0.717) is 0 Å². The zero-order chi connectivity index (χ0) is 9.99. The van der Waals surface area contributed by atoms with Crippen LogP contribution in [-0.4, -0.2) is 19.4 Å². The van der Waals surface area contributed by atoms with Crippen molar-refractivity contribution in [2.24, 2.45) is 0 Å². The second kappa shape index (κ2) is 3.80. The summed E-state index contributed by atoms with van der Waals surface area (Å²) in [4.78, 5) is 7.98. The minimum atomic E-state index is -5.31. The molecule has 0 heterocycles. The highest BCUT2D eigenvalue weighted by molar-refractivity contribution is 7.90. The first-order valence-electron chi connectivity index (χ1n) is 2.87. The van der Waals surface area contributed by atoms with Crippen LogP contribution in [0.4, 0.5) is 4.20 Å². The van der Waals surface area contributed by atoms with Gasteiger partial charge in [-0.2, -0.15) is 8.42 Å². The van der Waals surface area contributed by atoms with E-state index in [2.05, 4.69) is 4.18 Å². The van der Waals surface area contributed by atoms with Gasteiger partial charge in [0.1, 0.15) is 0 Å². The van der Waals surface area contributed by atoms with Crippen molar-refractivity contribution in [3.63, 3.8) is 0 Å². The normalized spacial score (nSPS) is 17.8. The molecule has 12 heavy (non-hydrogen) atoms. The van der Waals surface area contributed by atoms with Crippen molar-refractivity contribution in [3.05, 3.63) is 0 Å². The van der Waals surface area contributed by atoms with Crippen molar-refractivity contribution in [2.75, 3.05) is 0 Å². The Kier molecular flexibility index (Phi) is 3.80. The van der Waals surface area contributed by atoms with Crippen LogP contribution in [0.1, 0.15) is 13.8 Å². The van der Waals surface area contributed by atoms with E-state index in [4.69, 9.17) is 4.89 Å². The monoisotopic (exact) mass is 221 g/mol. The first kappa shape index (κ1) is 12.0. The number of halogens is 1. The third kappa shape index (κ3) is 6.68. The highest BCUT2D eigenvalue weighted by atomic mass is 32.2. The summed E-state index contributed by atoms with van der Waals surface area (Å²) in [7, 11) is -9.78. The average Bonchev–Trinajstić information content (AvgIpc) is 1.48. The van der Waals surface area contributed by atoms with Gasteiger partial charge in [-0.15, -0.1) is 4.20 Å². The van der Waals surface area contributed by atoms with Gasteiger partial charge >= 0.3 is 18.1 Å². The van der Waals surface area contributed by atoms with Gasteiger partial charge in [-0.3, -0.25) is 4.18 Å². The molecule has 0 aliphatic heterocycles. The summed E-state index contributed by atoms with van der Waals surface area (Å²) in [6.07, 6.45) is -0.728. The Morgan fingerprint density at radius 2 is 2.00 bits per heavy atom. The summed E-state index contributed by atoms with van der Waals surface area (Å²) >= 11 is 0. The van der Waals surface area contributed by atoms with Gasteiger partial charge in [-0.25, -0.2) is 4.57 Å². The topological polar surface area (TPSA) is 92.7 Å². The summed E-state index contributed by atoms with van der Waals surface area (Å²) in [5, 5.41) is 0. The lowest BCUT2D eigenvalue weighted by molar-refractivity contribution is 0.246. The minimum absolute atomic E-state index is 0.728. The SMILES string of the molecule is CC(C)OS(=O)(=O)NP(=O)(O)F. The van der Waals surface area contributed by atoms with E-state index in [0.717, 1.165) is 4.49 Å². The molecule has 0 saturated carbocycles. The molecule has 0 amide bonds. The summed E-state index contributed by atoms with van der Waals surface area (Å²) in [6, 6.07) is 0. The van der Waals surface area contributed by atoms with Crippen LogP contribution in [0.25, 0.3) is 0 Å². The van der Waals surface area contributed by atoms with Crippen LogP contribution in [0.2, 0.25) is 0 Å². The highest BCUT2D eigenvalue weighted by Gasteiger charge is 2.26. The second-order valence-corrected chi connectivity index (χ2v) is 5.03. The molecule has 0 fully saturated rings. The smallest absolute Gasteiger partial charge is 0.309 e. The average molecular weight is 221 g/mol. The zero-order valence-electron chi connectivity index (χ0n) is 6.39. The number of rotatable bonds is 4. The van der Waals surface area contributed by atoms with Crippen molar-refractivity contribution < 1.29 is 26.3 Å². The maximum Gasteiger partial charge on any atom is 0.455 e. The Morgan fingerprint density at radius 3 is 2.25 bits per heavy atom. The molecule has 0 aromatic carbocycles. The quantitative estimate of drug-likeness (QED) is 0.666. The van der Waals surface area contributed by atoms with E-state index in [1.54, 1.807) is 0 Å². The summed E-state index contributed by atoms with van der Waals surface area (Å²) in [5.74, 6) is 0. The molecule has 74 valence electrons. The third-order valence-corrected chi connectivity index (χ3v) is 2.98.